The molecule has 0 saturated carbocycles. The lowest BCUT2D eigenvalue weighted by molar-refractivity contribution is -0.383. The lowest BCUT2D eigenvalue weighted by Gasteiger charge is -2.13. The zero-order valence-electron chi connectivity index (χ0n) is 16.2. The van der Waals surface area contributed by atoms with Gasteiger partial charge in [0.25, 0.3) is 5.69 Å². The third-order valence-electron chi connectivity index (χ3n) is 4.77. The molecule has 3 aromatic carbocycles. The average molecular weight is 490 g/mol. The van der Waals surface area contributed by atoms with Gasteiger partial charge in [-0.05, 0) is 50.6 Å². The largest absolute Gasteiger partial charge is 0.289 e. The number of nitrogens with zero attached hydrogens (tertiary/aromatic N) is 1. The third-order valence-corrected chi connectivity index (χ3v) is 6.28. The monoisotopic (exact) mass is 489 g/mol. The highest BCUT2D eigenvalue weighted by Gasteiger charge is 2.28. The molecule has 0 atom stereocenters. The second kappa shape index (κ2) is 9.20. The highest BCUT2D eigenvalue weighted by Crippen LogP contribution is 2.47. The summed E-state index contributed by atoms with van der Waals surface area (Å²) in [4.78, 5) is 25.3. The SMILES string of the molecule is O=C(C=Cc1cc(Br)c(-c2cccs2)c([N+](=O)[O-])c1-c1ccccc1)c1ccccc1. The zero-order chi connectivity index (χ0) is 21.8. The van der Waals surface area contributed by atoms with Crippen molar-refractivity contribution in [1.29, 1.82) is 0 Å². The van der Waals surface area contributed by atoms with E-state index in [1.165, 1.54) is 17.4 Å². The van der Waals surface area contributed by atoms with Gasteiger partial charge >= 0.3 is 0 Å². The van der Waals surface area contributed by atoms with Gasteiger partial charge in [0.1, 0.15) is 0 Å². The lowest BCUT2D eigenvalue weighted by atomic mass is 9.93. The van der Waals surface area contributed by atoms with Crippen molar-refractivity contribution in [2.45, 2.75) is 0 Å². The van der Waals surface area contributed by atoms with E-state index in [1.807, 2.05) is 60.0 Å². The predicted molar refractivity (Wildman–Crippen MR) is 129 cm³/mol. The van der Waals surface area contributed by atoms with Crippen molar-refractivity contribution in [2.75, 3.05) is 0 Å². The van der Waals surface area contributed by atoms with Crippen molar-refractivity contribution in [3.05, 3.63) is 116 Å². The van der Waals surface area contributed by atoms with Gasteiger partial charge in [0, 0.05) is 14.9 Å². The Morgan fingerprint density at radius 3 is 2.23 bits per heavy atom. The van der Waals surface area contributed by atoms with Crippen LogP contribution in [0.5, 0.6) is 0 Å². The van der Waals surface area contributed by atoms with Crippen LogP contribution in [0.2, 0.25) is 0 Å². The quantitative estimate of drug-likeness (QED) is 0.121. The van der Waals surface area contributed by atoms with E-state index < -0.39 is 0 Å². The van der Waals surface area contributed by atoms with Gasteiger partial charge in [0.15, 0.2) is 5.78 Å². The van der Waals surface area contributed by atoms with E-state index in [4.69, 9.17) is 0 Å². The lowest BCUT2D eigenvalue weighted by Crippen LogP contribution is -1.99. The Kier molecular flexibility index (Phi) is 6.21. The number of carbonyl (C=O) groups is 1. The van der Waals surface area contributed by atoms with E-state index >= 15 is 0 Å². The van der Waals surface area contributed by atoms with Crippen molar-refractivity contribution in [2.24, 2.45) is 0 Å². The number of allylic oxidation sites excluding steroid dienone is 1. The topological polar surface area (TPSA) is 60.2 Å². The second-order valence-electron chi connectivity index (χ2n) is 6.71. The molecule has 0 unspecified atom stereocenters. The van der Waals surface area contributed by atoms with Crippen LogP contribution >= 0.6 is 27.3 Å². The molecular formula is C25H16BrNO3S. The van der Waals surface area contributed by atoms with Crippen molar-refractivity contribution >= 4 is 44.8 Å². The third kappa shape index (κ3) is 4.40. The Labute approximate surface area is 191 Å². The van der Waals surface area contributed by atoms with Gasteiger partial charge < -0.3 is 0 Å². The van der Waals surface area contributed by atoms with Crippen LogP contribution < -0.4 is 0 Å². The van der Waals surface area contributed by atoms with Crippen molar-refractivity contribution in [1.82, 2.24) is 0 Å². The number of halogens is 1. The number of nitro groups is 1. The summed E-state index contributed by atoms with van der Waals surface area (Å²) >= 11 is 4.97. The van der Waals surface area contributed by atoms with Crippen LogP contribution in [0.3, 0.4) is 0 Å². The minimum Gasteiger partial charge on any atom is -0.289 e. The van der Waals surface area contributed by atoms with Gasteiger partial charge in [-0.2, -0.15) is 0 Å². The molecule has 0 saturated heterocycles. The molecule has 0 spiro atoms. The van der Waals surface area contributed by atoms with Crippen LogP contribution in [0.1, 0.15) is 15.9 Å². The Balaban J connectivity index is 1.94. The number of carbonyl (C=O) groups excluding carboxylic acids is 1. The Morgan fingerprint density at radius 1 is 0.935 bits per heavy atom. The Morgan fingerprint density at radius 2 is 1.61 bits per heavy atom. The number of hydrogen-bond donors (Lipinski definition) is 0. The number of hydrogen-bond acceptors (Lipinski definition) is 4. The summed E-state index contributed by atoms with van der Waals surface area (Å²) in [7, 11) is 0. The maximum atomic E-state index is 12.6. The molecule has 4 nitrogen and oxygen atoms in total. The van der Waals surface area contributed by atoms with Gasteiger partial charge in [0.2, 0.25) is 0 Å². The first-order valence-corrected chi connectivity index (χ1v) is 11.1. The fraction of sp³-hybridized carbons (Fsp3) is 0. The molecule has 4 aromatic rings. The van der Waals surface area contributed by atoms with Gasteiger partial charge in [-0.15, -0.1) is 11.3 Å². The van der Waals surface area contributed by atoms with Crippen LogP contribution in [0.15, 0.2) is 94.8 Å². The van der Waals surface area contributed by atoms with Gasteiger partial charge in [-0.3, -0.25) is 14.9 Å². The van der Waals surface area contributed by atoms with Crippen LogP contribution in [-0.4, -0.2) is 10.7 Å². The molecule has 1 heterocycles. The molecule has 0 radical (unpaired) electrons. The molecule has 0 bridgehead atoms. The summed E-state index contributed by atoms with van der Waals surface area (Å²) in [5.41, 5.74) is 2.89. The van der Waals surface area contributed by atoms with Gasteiger partial charge in [-0.1, -0.05) is 72.8 Å². The van der Waals surface area contributed by atoms with Crippen molar-refractivity contribution in [3.63, 3.8) is 0 Å². The normalized spacial score (nSPS) is 11.0. The molecule has 0 amide bonds. The summed E-state index contributed by atoms with van der Waals surface area (Å²) in [6.45, 7) is 0. The fourth-order valence-corrected chi connectivity index (χ4v) is 4.96. The molecular weight excluding hydrogens is 474 g/mol. The first-order valence-electron chi connectivity index (χ1n) is 9.44. The van der Waals surface area contributed by atoms with Crippen molar-refractivity contribution in [3.8, 4) is 21.6 Å². The number of rotatable bonds is 6. The maximum absolute atomic E-state index is 12.6. The molecule has 152 valence electrons. The van der Waals surface area contributed by atoms with Crippen LogP contribution in [-0.2, 0) is 0 Å². The van der Waals surface area contributed by atoms with E-state index in [-0.39, 0.29) is 16.4 Å². The minimum atomic E-state index is -0.349. The molecule has 0 aliphatic heterocycles. The predicted octanol–water partition coefficient (Wildman–Crippen LogP) is 7.65. The van der Waals surface area contributed by atoms with E-state index in [0.717, 1.165) is 4.88 Å². The van der Waals surface area contributed by atoms with Crippen LogP contribution in [0, 0.1) is 10.1 Å². The second-order valence-corrected chi connectivity index (χ2v) is 8.51. The van der Waals surface area contributed by atoms with Crippen LogP contribution in [0.4, 0.5) is 5.69 Å². The van der Waals surface area contributed by atoms with Crippen LogP contribution in [0.25, 0.3) is 27.6 Å². The van der Waals surface area contributed by atoms with E-state index in [2.05, 4.69) is 15.9 Å². The van der Waals surface area contributed by atoms with Crippen molar-refractivity contribution < 1.29 is 9.72 Å². The molecule has 0 aliphatic carbocycles. The highest BCUT2D eigenvalue weighted by atomic mass is 79.9. The summed E-state index contributed by atoms with van der Waals surface area (Å²) in [6.07, 6.45) is 3.10. The minimum absolute atomic E-state index is 0.00911. The fourth-order valence-electron chi connectivity index (χ4n) is 3.40. The molecule has 0 fully saturated rings. The first kappa shape index (κ1) is 20.9. The molecule has 4 rings (SSSR count). The smallest absolute Gasteiger partial charge is 0.287 e. The maximum Gasteiger partial charge on any atom is 0.287 e. The first-order chi connectivity index (χ1) is 15.1. The van der Waals surface area contributed by atoms with Gasteiger partial charge in [-0.25, -0.2) is 0 Å². The van der Waals surface area contributed by atoms with Gasteiger partial charge in [0.05, 0.1) is 16.1 Å². The summed E-state index contributed by atoms with van der Waals surface area (Å²) in [5.74, 6) is -0.166. The Bertz CT molecular complexity index is 1270. The summed E-state index contributed by atoms with van der Waals surface area (Å²) in [6, 6.07) is 23.7. The standard InChI is InChI=1S/C25H16BrNO3S/c26-20-16-19(13-14-21(28)17-8-3-1-4-9-17)23(18-10-5-2-6-11-18)25(27(29)30)24(20)22-12-7-15-31-22/h1-16H. The number of ketones is 1. The molecule has 6 heteroatoms. The average Bonchev–Trinajstić information content (AvgIpc) is 3.32. The molecule has 31 heavy (non-hydrogen) atoms. The number of nitro benzene ring substituents is 1. The molecule has 1 aromatic heterocycles. The Hall–Kier alpha value is -3.35. The van der Waals surface area contributed by atoms with E-state index in [0.29, 0.717) is 32.3 Å². The molecule has 0 N–H and O–H groups in total. The van der Waals surface area contributed by atoms with E-state index in [9.17, 15) is 14.9 Å². The summed E-state index contributed by atoms with van der Waals surface area (Å²) in [5, 5.41) is 14.2. The highest BCUT2D eigenvalue weighted by molar-refractivity contribution is 9.10. The summed E-state index contributed by atoms with van der Waals surface area (Å²) < 4.78 is 0.605. The number of benzene rings is 3. The van der Waals surface area contributed by atoms with E-state index in [1.54, 1.807) is 30.3 Å². The zero-order valence-corrected chi connectivity index (χ0v) is 18.6. The molecule has 0 aliphatic rings. The number of thiophene rings is 1.